The molecule has 0 saturated carbocycles. The van der Waals surface area contributed by atoms with Crippen LogP contribution in [-0.2, 0) is 4.79 Å². The number of hydrogen-bond acceptors (Lipinski definition) is 5. The molecule has 2 N–H and O–H groups in total. The van der Waals surface area contributed by atoms with Crippen LogP contribution in [0.5, 0.6) is 5.75 Å². The maximum Gasteiger partial charge on any atom is 0.262 e. The Kier molecular flexibility index (Phi) is 3.53. The Morgan fingerprint density at radius 2 is 2.21 bits per heavy atom. The summed E-state index contributed by atoms with van der Waals surface area (Å²) in [4.78, 5) is 14.0. The molecule has 1 aromatic carbocycles. The van der Waals surface area contributed by atoms with Crippen molar-refractivity contribution in [3.05, 3.63) is 23.8 Å². The van der Waals surface area contributed by atoms with E-state index in [1.54, 1.807) is 0 Å². The Morgan fingerprint density at radius 3 is 3.00 bits per heavy atom. The first-order valence-electron chi connectivity index (χ1n) is 8.60. The van der Waals surface area contributed by atoms with Gasteiger partial charge in [-0.3, -0.25) is 4.79 Å². The summed E-state index contributed by atoms with van der Waals surface area (Å²) in [5, 5.41) is 7.65. The van der Waals surface area contributed by atoms with Crippen molar-refractivity contribution in [2.45, 2.75) is 39.2 Å². The minimum absolute atomic E-state index is 0.0841. The number of amidine groups is 1. The fourth-order valence-corrected chi connectivity index (χ4v) is 4.05. The zero-order valence-corrected chi connectivity index (χ0v) is 14.4. The smallest absolute Gasteiger partial charge is 0.262 e. The third-order valence-electron chi connectivity index (χ3n) is 5.48. The molecule has 1 saturated heterocycles. The molecule has 128 valence electrons. The molecule has 3 aliphatic rings. The Morgan fingerprint density at radius 1 is 1.38 bits per heavy atom. The number of amides is 1. The van der Waals surface area contributed by atoms with E-state index in [2.05, 4.69) is 41.8 Å². The van der Waals surface area contributed by atoms with Gasteiger partial charge in [0.15, 0.2) is 5.84 Å². The number of piperidine rings is 1. The van der Waals surface area contributed by atoms with Crippen LogP contribution in [0.25, 0.3) is 0 Å². The Bertz CT molecular complexity index is 713. The molecule has 2 atom stereocenters. The van der Waals surface area contributed by atoms with Crippen LogP contribution in [0.3, 0.4) is 0 Å². The number of benzene rings is 1. The molecule has 6 nitrogen and oxygen atoms in total. The highest BCUT2D eigenvalue weighted by atomic mass is 16.5. The van der Waals surface area contributed by atoms with Gasteiger partial charge >= 0.3 is 0 Å². The van der Waals surface area contributed by atoms with Gasteiger partial charge in [0.05, 0.1) is 5.69 Å². The second-order valence-electron chi connectivity index (χ2n) is 7.57. The van der Waals surface area contributed by atoms with Crippen molar-refractivity contribution in [2.24, 2.45) is 10.5 Å². The molecule has 24 heavy (non-hydrogen) atoms. The number of nitrogens with one attached hydrogen (secondary N) is 2. The van der Waals surface area contributed by atoms with E-state index in [4.69, 9.17) is 4.74 Å². The number of carbonyl (C=O) groups is 1. The Labute approximate surface area is 142 Å². The van der Waals surface area contributed by atoms with E-state index >= 15 is 0 Å². The van der Waals surface area contributed by atoms with Crippen LogP contribution in [0, 0.1) is 5.41 Å². The lowest BCUT2D eigenvalue weighted by Crippen LogP contribution is -2.55. The van der Waals surface area contributed by atoms with Gasteiger partial charge in [-0.25, -0.2) is 5.43 Å². The highest BCUT2D eigenvalue weighted by Crippen LogP contribution is 2.43. The van der Waals surface area contributed by atoms with E-state index < -0.39 is 0 Å². The molecule has 1 fully saturated rings. The van der Waals surface area contributed by atoms with Crippen molar-refractivity contribution < 1.29 is 9.53 Å². The molecule has 0 aliphatic carbocycles. The van der Waals surface area contributed by atoms with Crippen LogP contribution in [0.2, 0.25) is 0 Å². The van der Waals surface area contributed by atoms with Crippen molar-refractivity contribution in [1.29, 1.82) is 0 Å². The van der Waals surface area contributed by atoms with E-state index in [0.29, 0.717) is 12.5 Å². The highest BCUT2D eigenvalue weighted by molar-refractivity contribution is 6.09. The average molecular weight is 328 g/mol. The molecule has 2 unspecified atom stereocenters. The van der Waals surface area contributed by atoms with Gasteiger partial charge in [0.1, 0.15) is 18.4 Å². The van der Waals surface area contributed by atoms with Crippen LogP contribution in [0.15, 0.2) is 23.3 Å². The summed E-state index contributed by atoms with van der Waals surface area (Å²) in [6.07, 6.45) is 1.11. The summed E-state index contributed by atoms with van der Waals surface area (Å²) in [7, 11) is 0. The van der Waals surface area contributed by atoms with Gasteiger partial charge in [-0.2, -0.15) is 5.10 Å². The number of carbonyl (C=O) groups excluding carboxylic acids is 1. The number of hydrogen-bond donors (Lipinski definition) is 2. The maximum atomic E-state index is 12.0. The van der Waals surface area contributed by atoms with Crippen molar-refractivity contribution in [3.63, 3.8) is 0 Å². The summed E-state index contributed by atoms with van der Waals surface area (Å²) in [6.45, 7) is 8.96. The second-order valence-corrected chi connectivity index (χ2v) is 7.57. The summed E-state index contributed by atoms with van der Waals surface area (Å²) in [6, 6.07) is 6.12. The minimum Gasteiger partial charge on any atom is -0.483 e. The first kappa shape index (κ1) is 15.4. The molecule has 1 amide bonds. The van der Waals surface area contributed by atoms with Gasteiger partial charge in [-0.05, 0) is 48.9 Å². The molecular weight excluding hydrogens is 304 g/mol. The predicted octanol–water partition coefficient (Wildman–Crippen LogP) is 1.82. The average Bonchev–Trinajstić information content (AvgIpc) is 2.57. The molecule has 0 radical (unpaired) electrons. The van der Waals surface area contributed by atoms with Crippen molar-refractivity contribution >= 4 is 17.4 Å². The van der Waals surface area contributed by atoms with Crippen LogP contribution in [-0.4, -0.2) is 37.5 Å². The van der Waals surface area contributed by atoms with Crippen LogP contribution in [0.4, 0.5) is 5.69 Å². The fraction of sp³-hybridized carbons (Fsp3) is 0.556. The van der Waals surface area contributed by atoms with Crippen molar-refractivity contribution in [2.75, 3.05) is 24.6 Å². The highest BCUT2D eigenvalue weighted by Gasteiger charge is 2.37. The van der Waals surface area contributed by atoms with Gasteiger partial charge < -0.3 is 15.0 Å². The van der Waals surface area contributed by atoms with E-state index in [1.807, 2.05) is 17.9 Å². The van der Waals surface area contributed by atoms with Crippen LogP contribution in [0.1, 0.15) is 38.7 Å². The monoisotopic (exact) mass is 328 g/mol. The van der Waals surface area contributed by atoms with Gasteiger partial charge in [-0.1, -0.05) is 19.9 Å². The first-order chi connectivity index (χ1) is 11.5. The summed E-state index contributed by atoms with van der Waals surface area (Å²) >= 11 is 0. The minimum atomic E-state index is -0.281. The number of ether oxygens (including phenoxy) is 1. The standard InChI is InChI=1S/C18H24N4O2/c1-11-17(23)21-20-16-9-24-15-5-4-12(8-14(15)22(11)16)13-6-7-19-10-18(13,2)3/h4-5,8,11,13,19H,6-7,9-10H2,1-3H3,(H,21,23). The number of hydrazone groups is 1. The third-order valence-corrected chi connectivity index (χ3v) is 5.48. The normalized spacial score (nSPS) is 28.2. The zero-order chi connectivity index (χ0) is 16.9. The van der Waals surface area contributed by atoms with Crippen LogP contribution < -0.4 is 20.4 Å². The van der Waals surface area contributed by atoms with E-state index in [1.165, 1.54) is 5.56 Å². The van der Waals surface area contributed by atoms with Gasteiger partial charge in [0.2, 0.25) is 0 Å². The summed E-state index contributed by atoms with van der Waals surface area (Å²) < 4.78 is 5.83. The lowest BCUT2D eigenvalue weighted by molar-refractivity contribution is -0.122. The molecule has 3 aliphatic heterocycles. The molecule has 6 heteroatoms. The first-order valence-corrected chi connectivity index (χ1v) is 8.60. The quantitative estimate of drug-likeness (QED) is 0.825. The fourth-order valence-electron chi connectivity index (χ4n) is 4.05. The maximum absolute atomic E-state index is 12.0. The number of nitrogens with zero attached hydrogens (tertiary/aromatic N) is 2. The topological polar surface area (TPSA) is 66.0 Å². The summed E-state index contributed by atoms with van der Waals surface area (Å²) in [5.41, 5.74) is 5.03. The Hall–Kier alpha value is -2.08. The van der Waals surface area contributed by atoms with E-state index in [-0.39, 0.29) is 17.4 Å². The van der Waals surface area contributed by atoms with Crippen molar-refractivity contribution in [3.8, 4) is 5.75 Å². The number of fused-ring (bicyclic) bond motifs is 3. The molecule has 0 bridgehead atoms. The summed E-state index contributed by atoms with van der Waals surface area (Å²) in [5.74, 6) is 1.99. The molecule has 0 aromatic heterocycles. The molecule has 0 spiro atoms. The van der Waals surface area contributed by atoms with Crippen LogP contribution >= 0.6 is 0 Å². The lowest BCUT2D eigenvalue weighted by atomic mass is 9.71. The molecule has 3 heterocycles. The van der Waals surface area contributed by atoms with E-state index in [9.17, 15) is 4.79 Å². The zero-order valence-electron chi connectivity index (χ0n) is 14.4. The van der Waals surface area contributed by atoms with E-state index in [0.717, 1.165) is 36.8 Å². The second kappa shape index (κ2) is 5.48. The predicted molar refractivity (Wildman–Crippen MR) is 93.5 cm³/mol. The molecular formula is C18H24N4O2. The molecule has 4 rings (SSSR count). The van der Waals surface area contributed by atoms with Gasteiger partial charge in [0, 0.05) is 6.54 Å². The third kappa shape index (κ3) is 2.36. The van der Waals surface area contributed by atoms with Crippen molar-refractivity contribution in [1.82, 2.24) is 10.7 Å². The molecule has 1 aromatic rings. The number of rotatable bonds is 1. The number of anilines is 1. The van der Waals surface area contributed by atoms with Gasteiger partial charge in [0.25, 0.3) is 5.91 Å². The Balaban J connectivity index is 1.76. The van der Waals surface area contributed by atoms with Gasteiger partial charge in [-0.15, -0.1) is 0 Å². The largest absolute Gasteiger partial charge is 0.483 e. The SMILES string of the molecule is CC1C(=O)NN=C2COc3ccc(C4CCNCC4(C)C)cc3N21. The lowest BCUT2D eigenvalue weighted by Gasteiger charge is -2.41.